The van der Waals surface area contributed by atoms with Gasteiger partial charge in [-0.05, 0) is 44.2 Å². The van der Waals surface area contributed by atoms with Crippen molar-refractivity contribution >= 4 is 5.91 Å². The standard InChI is InChI=1S/C19H19F2N3O3/c1-3-24-9-8-16(23-24)12(2)22-19(25)18-7-5-14(27-18)11-26-17-6-4-13(20)10-15(17)21/h4-10,12H,3,11H2,1-2H3,(H,22,25). The summed E-state index contributed by atoms with van der Waals surface area (Å²) in [6.07, 6.45) is 1.84. The maximum Gasteiger partial charge on any atom is 0.287 e. The van der Waals surface area contributed by atoms with Crippen LogP contribution in [0.4, 0.5) is 8.78 Å². The Hall–Kier alpha value is -3.16. The third-order valence-corrected chi connectivity index (χ3v) is 3.93. The number of carbonyl (C=O) groups is 1. The van der Waals surface area contributed by atoms with Gasteiger partial charge in [-0.1, -0.05) is 0 Å². The predicted octanol–water partition coefficient (Wildman–Crippen LogP) is 3.84. The second-order valence-electron chi connectivity index (χ2n) is 5.92. The summed E-state index contributed by atoms with van der Waals surface area (Å²) in [6.45, 7) is 4.46. The topological polar surface area (TPSA) is 69.3 Å². The Morgan fingerprint density at radius 1 is 1.30 bits per heavy atom. The lowest BCUT2D eigenvalue weighted by Gasteiger charge is -2.10. The van der Waals surface area contributed by atoms with E-state index in [1.807, 2.05) is 26.1 Å². The van der Waals surface area contributed by atoms with Gasteiger partial charge in [-0.3, -0.25) is 9.48 Å². The molecule has 2 aromatic heterocycles. The molecule has 1 N–H and O–H groups in total. The van der Waals surface area contributed by atoms with E-state index in [1.165, 1.54) is 12.1 Å². The smallest absolute Gasteiger partial charge is 0.287 e. The number of nitrogens with one attached hydrogen (secondary N) is 1. The SMILES string of the molecule is CCn1ccc(C(C)NC(=O)c2ccc(COc3ccc(F)cc3F)o2)n1. The van der Waals surface area contributed by atoms with Crippen molar-refractivity contribution in [2.24, 2.45) is 0 Å². The van der Waals surface area contributed by atoms with Gasteiger partial charge in [0.15, 0.2) is 17.3 Å². The van der Waals surface area contributed by atoms with Crippen molar-refractivity contribution in [1.29, 1.82) is 0 Å². The molecule has 1 aromatic carbocycles. The molecular formula is C19H19F2N3O3. The maximum absolute atomic E-state index is 13.6. The summed E-state index contributed by atoms with van der Waals surface area (Å²) in [4.78, 5) is 12.3. The van der Waals surface area contributed by atoms with E-state index in [1.54, 1.807) is 10.7 Å². The number of aryl methyl sites for hydroxylation is 1. The zero-order valence-corrected chi connectivity index (χ0v) is 14.9. The van der Waals surface area contributed by atoms with Crippen LogP contribution in [0.1, 0.15) is 41.9 Å². The van der Waals surface area contributed by atoms with Gasteiger partial charge >= 0.3 is 0 Å². The molecular weight excluding hydrogens is 356 g/mol. The van der Waals surface area contributed by atoms with E-state index in [0.29, 0.717) is 5.76 Å². The Kier molecular flexibility index (Phi) is 5.54. The minimum absolute atomic E-state index is 0.0910. The first-order chi connectivity index (χ1) is 13.0. The van der Waals surface area contributed by atoms with Gasteiger partial charge in [0.25, 0.3) is 5.91 Å². The first-order valence-electron chi connectivity index (χ1n) is 8.47. The molecule has 1 atom stereocenters. The molecule has 0 saturated carbocycles. The van der Waals surface area contributed by atoms with E-state index in [9.17, 15) is 13.6 Å². The Morgan fingerprint density at radius 3 is 2.81 bits per heavy atom. The second kappa shape index (κ2) is 8.03. The summed E-state index contributed by atoms with van der Waals surface area (Å²) in [7, 11) is 0. The second-order valence-corrected chi connectivity index (χ2v) is 5.92. The molecule has 0 saturated heterocycles. The highest BCUT2D eigenvalue weighted by molar-refractivity contribution is 5.91. The Bertz CT molecular complexity index is 936. The van der Waals surface area contributed by atoms with Crippen molar-refractivity contribution in [3.63, 3.8) is 0 Å². The molecule has 1 unspecified atom stereocenters. The lowest BCUT2D eigenvalue weighted by atomic mass is 10.2. The molecule has 0 radical (unpaired) electrons. The minimum Gasteiger partial charge on any atom is -0.483 e. The zero-order valence-electron chi connectivity index (χ0n) is 14.9. The molecule has 3 rings (SSSR count). The van der Waals surface area contributed by atoms with Gasteiger partial charge < -0.3 is 14.5 Å². The van der Waals surface area contributed by atoms with Gasteiger partial charge in [0.2, 0.25) is 0 Å². The highest BCUT2D eigenvalue weighted by Crippen LogP contribution is 2.20. The Balaban J connectivity index is 1.58. The molecule has 8 heteroatoms. The van der Waals surface area contributed by atoms with Gasteiger partial charge in [-0.15, -0.1) is 0 Å². The van der Waals surface area contributed by atoms with Crippen LogP contribution in [0.2, 0.25) is 0 Å². The number of aromatic nitrogens is 2. The van der Waals surface area contributed by atoms with Crippen molar-refractivity contribution in [3.8, 4) is 5.75 Å². The van der Waals surface area contributed by atoms with Crippen LogP contribution in [0.5, 0.6) is 5.75 Å². The van der Waals surface area contributed by atoms with Crippen LogP contribution in [-0.2, 0) is 13.2 Å². The average molecular weight is 375 g/mol. The Labute approximate surface area is 154 Å². The lowest BCUT2D eigenvalue weighted by molar-refractivity contribution is 0.0906. The fourth-order valence-electron chi connectivity index (χ4n) is 2.44. The van der Waals surface area contributed by atoms with Crippen LogP contribution in [0.15, 0.2) is 47.0 Å². The number of carbonyl (C=O) groups excluding carboxylic acids is 1. The maximum atomic E-state index is 13.6. The van der Waals surface area contributed by atoms with E-state index in [-0.39, 0.29) is 24.2 Å². The lowest BCUT2D eigenvalue weighted by Crippen LogP contribution is -2.26. The van der Waals surface area contributed by atoms with Gasteiger partial charge in [-0.2, -0.15) is 5.10 Å². The highest BCUT2D eigenvalue weighted by Gasteiger charge is 2.17. The summed E-state index contributed by atoms with van der Waals surface area (Å²) in [5, 5.41) is 7.15. The van der Waals surface area contributed by atoms with Crippen molar-refractivity contribution < 1.29 is 22.7 Å². The summed E-state index contributed by atoms with van der Waals surface area (Å²) in [6, 6.07) is 7.64. The minimum atomic E-state index is -0.806. The molecule has 6 nitrogen and oxygen atoms in total. The number of hydrogen-bond acceptors (Lipinski definition) is 4. The zero-order chi connectivity index (χ0) is 19.4. The molecule has 2 heterocycles. The van der Waals surface area contributed by atoms with Crippen LogP contribution in [0.3, 0.4) is 0 Å². The number of rotatable bonds is 7. The molecule has 3 aromatic rings. The molecule has 27 heavy (non-hydrogen) atoms. The first kappa shape index (κ1) is 18.6. The molecule has 142 valence electrons. The number of ether oxygens (including phenoxy) is 1. The molecule has 0 aliphatic rings. The molecule has 0 bridgehead atoms. The van der Waals surface area contributed by atoms with E-state index < -0.39 is 17.5 Å². The third-order valence-electron chi connectivity index (χ3n) is 3.93. The van der Waals surface area contributed by atoms with E-state index in [2.05, 4.69) is 10.4 Å². The Morgan fingerprint density at radius 2 is 2.11 bits per heavy atom. The number of nitrogens with zero attached hydrogens (tertiary/aromatic N) is 2. The van der Waals surface area contributed by atoms with Crippen molar-refractivity contribution in [1.82, 2.24) is 15.1 Å². The normalized spacial score (nSPS) is 12.0. The van der Waals surface area contributed by atoms with Crippen LogP contribution in [-0.4, -0.2) is 15.7 Å². The number of hydrogen-bond donors (Lipinski definition) is 1. The average Bonchev–Trinajstić information content (AvgIpc) is 3.30. The van der Waals surface area contributed by atoms with E-state index in [4.69, 9.17) is 9.15 Å². The van der Waals surface area contributed by atoms with Crippen molar-refractivity contribution in [2.45, 2.75) is 33.0 Å². The third kappa shape index (κ3) is 4.52. The largest absolute Gasteiger partial charge is 0.483 e. The monoisotopic (exact) mass is 375 g/mol. The number of amides is 1. The van der Waals surface area contributed by atoms with E-state index >= 15 is 0 Å². The molecule has 1 amide bonds. The van der Waals surface area contributed by atoms with Gasteiger partial charge in [0.1, 0.15) is 18.2 Å². The summed E-state index contributed by atoms with van der Waals surface area (Å²) >= 11 is 0. The summed E-state index contributed by atoms with van der Waals surface area (Å²) in [5.74, 6) is -1.54. The number of furan rings is 1. The van der Waals surface area contributed by atoms with Gasteiger partial charge in [0, 0.05) is 18.8 Å². The predicted molar refractivity (Wildman–Crippen MR) is 93.2 cm³/mol. The van der Waals surface area contributed by atoms with Gasteiger partial charge in [0.05, 0.1) is 11.7 Å². The van der Waals surface area contributed by atoms with Crippen molar-refractivity contribution in [2.75, 3.05) is 0 Å². The number of benzene rings is 1. The quantitative estimate of drug-likeness (QED) is 0.681. The van der Waals surface area contributed by atoms with Gasteiger partial charge in [-0.25, -0.2) is 8.78 Å². The number of halogens is 2. The molecule has 0 spiro atoms. The highest BCUT2D eigenvalue weighted by atomic mass is 19.1. The fraction of sp³-hybridized carbons (Fsp3) is 0.263. The first-order valence-corrected chi connectivity index (χ1v) is 8.47. The van der Waals surface area contributed by atoms with Crippen LogP contribution >= 0.6 is 0 Å². The van der Waals surface area contributed by atoms with Crippen LogP contribution in [0, 0.1) is 11.6 Å². The molecule has 0 aliphatic heterocycles. The van der Waals surface area contributed by atoms with Crippen LogP contribution < -0.4 is 10.1 Å². The van der Waals surface area contributed by atoms with Crippen molar-refractivity contribution in [3.05, 3.63) is 71.4 Å². The molecule has 0 fully saturated rings. The summed E-state index contributed by atoms with van der Waals surface area (Å²) in [5.41, 5.74) is 0.743. The molecule has 0 aliphatic carbocycles. The fourth-order valence-corrected chi connectivity index (χ4v) is 2.44. The van der Waals surface area contributed by atoms with E-state index in [0.717, 1.165) is 24.4 Å². The summed E-state index contributed by atoms with van der Waals surface area (Å²) < 4.78 is 38.9. The van der Waals surface area contributed by atoms with Crippen LogP contribution in [0.25, 0.3) is 0 Å².